The summed E-state index contributed by atoms with van der Waals surface area (Å²) in [4.78, 5) is 4.51. The summed E-state index contributed by atoms with van der Waals surface area (Å²) in [6, 6.07) is 0. The second-order valence-electron chi connectivity index (χ2n) is 5.16. The highest BCUT2D eigenvalue weighted by atomic mass is 127. The van der Waals surface area contributed by atoms with Crippen LogP contribution in [0.15, 0.2) is 4.99 Å². The number of guanidine groups is 1. The molecule has 0 aliphatic heterocycles. The third kappa shape index (κ3) is 13.5. The Balaban J connectivity index is 0.00000441. The average molecular weight is 429 g/mol. The Bertz CT molecular complexity index is 277. The molecule has 0 aromatic heterocycles. The second-order valence-corrected chi connectivity index (χ2v) is 5.16. The first-order chi connectivity index (χ1) is 10.4. The summed E-state index contributed by atoms with van der Waals surface area (Å²) >= 11 is 0. The van der Waals surface area contributed by atoms with E-state index in [0.29, 0.717) is 19.8 Å². The molecular formula is C15H32IN3O3. The molecule has 132 valence electrons. The number of nitrogens with one attached hydrogen (secondary N) is 2. The molecule has 0 bridgehead atoms. The number of rotatable bonds is 13. The Morgan fingerprint density at radius 2 is 1.91 bits per heavy atom. The van der Waals surface area contributed by atoms with Gasteiger partial charge in [0.15, 0.2) is 5.96 Å². The monoisotopic (exact) mass is 429 g/mol. The van der Waals surface area contributed by atoms with Crippen LogP contribution in [0.4, 0.5) is 0 Å². The zero-order chi connectivity index (χ0) is 15.2. The molecule has 0 radical (unpaired) electrons. The van der Waals surface area contributed by atoms with Gasteiger partial charge in [-0.15, -0.1) is 24.0 Å². The molecule has 0 aromatic carbocycles. The fraction of sp³-hybridized carbons (Fsp3) is 0.933. The van der Waals surface area contributed by atoms with Gasteiger partial charge in [-0.05, 0) is 32.1 Å². The van der Waals surface area contributed by atoms with Crippen molar-refractivity contribution in [2.45, 2.75) is 26.2 Å². The van der Waals surface area contributed by atoms with Crippen molar-refractivity contribution in [1.29, 1.82) is 0 Å². The summed E-state index contributed by atoms with van der Waals surface area (Å²) in [5.74, 6) is 1.68. The molecule has 1 aliphatic carbocycles. The van der Waals surface area contributed by atoms with Gasteiger partial charge in [0.2, 0.25) is 0 Å². The van der Waals surface area contributed by atoms with Gasteiger partial charge >= 0.3 is 0 Å². The quantitative estimate of drug-likeness (QED) is 0.202. The number of methoxy groups -OCH3 is 1. The van der Waals surface area contributed by atoms with Crippen LogP contribution in [0.2, 0.25) is 0 Å². The third-order valence-corrected chi connectivity index (χ3v) is 3.08. The van der Waals surface area contributed by atoms with E-state index >= 15 is 0 Å². The van der Waals surface area contributed by atoms with Crippen molar-refractivity contribution < 1.29 is 14.2 Å². The first-order valence-electron chi connectivity index (χ1n) is 8.03. The first-order valence-corrected chi connectivity index (χ1v) is 8.03. The number of hydrogen-bond acceptors (Lipinski definition) is 4. The minimum absolute atomic E-state index is 0. The Morgan fingerprint density at radius 3 is 2.59 bits per heavy atom. The lowest BCUT2D eigenvalue weighted by Gasteiger charge is -2.11. The molecule has 0 aromatic rings. The maximum Gasteiger partial charge on any atom is 0.191 e. The van der Waals surface area contributed by atoms with Gasteiger partial charge in [-0.1, -0.05) is 0 Å². The summed E-state index contributed by atoms with van der Waals surface area (Å²) in [5.41, 5.74) is 0. The minimum Gasteiger partial charge on any atom is -0.382 e. The highest BCUT2D eigenvalue weighted by molar-refractivity contribution is 14.0. The van der Waals surface area contributed by atoms with Crippen LogP contribution < -0.4 is 10.6 Å². The van der Waals surface area contributed by atoms with Crippen LogP contribution in [-0.4, -0.2) is 65.7 Å². The van der Waals surface area contributed by atoms with E-state index in [2.05, 4.69) is 22.5 Å². The van der Waals surface area contributed by atoms with E-state index in [1.165, 1.54) is 12.8 Å². The Labute approximate surface area is 151 Å². The van der Waals surface area contributed by atoms with E-state index in [1.54, 1.807) is 7.11 Å². The zero-order valence-corrected chi connectivity index (χ0v) is 16.3. The molecule has 7 heteroatoms. The highest BCUT2D eigenvalue weighted by Gasteiger charge is 2.20. The van der Waals surface area contributed by atoms with Crippen LogP contribution in [0.5, 0.6) is 0 Å². The molecule has 1 saturated carbocycles. The van der Waals surface area contributed by atoms with Gasteiger partial charge in [-0.25, -0.2) is 0 Å². The molecule has 0 atom stereocenters. The summed E-state index contributed by atoms with van der Waals surface area (Å²) in [7, 11) is 1.67. The lowest BCUT2D eigenvalue weighted by Crippen LogP contribution is -2.39. The van der Waals surface area contributed by atoms with E-state index in [4.69, 9.17) is 14.2 Å². The smallest absolute Gasteiger partial charge is 0.191 e. The number of ether oxygens (including phenoxy) is 3. The summed E-state index contributed by atoms with van der Waals surface area (Å²) in [6.45, 7) is 8.09. The summed E-state index contributed by atoms with van der Waals surface area (Å²) in [5, 5.41) is 6.47. The molecule has 0 spiro atoms. The molecule has 6 nitrogen and oxygen atoms in total. The summed E-state index contributed by atoms with van der Waals surface area (Å²) < 4.78 is 15.9. The van der Waals surface area contributed by atoms with Gasteiger partial charge in [-0.2, -0.15) is 0 Å². The van der Waals surface area contributed by atoms with Crippen molar-refractivity contribution in [3.05, 3.63) is 0 Å². The van der Waals surface area contributed by atoms with Gasteiger partial charge < -0.3 is 24.8 Å². The molecule has 1 rings (SSSR count). The molecule has 1 fully saturated rings. The molecular weight excluding hydrogens is 397 g/mol. The predicted octanol–water partition coefficient (Wildman–Crippen LogP) is 1.64. The van der Waals surface area contributed by atoms with E-state index < -0.39 is 0 Å². The van der Waals surface area contributed by atoms with Gasteiger partial charge in [0.25, 0.3) is 0 Å². The molecule has 0 amide bonds. The summed E-state index contributed by atoms with van der Waals surface area (Å²) in [6.07, 6.45) is 3.66. The van der Waals surface area contributed by atoms with Crippen LogP contribution in [0.1, 0.15) is 26.2 Å². The second kappa shape index (κ2) is 15.8. The lowest BCUT2D eigenvalue weighted by atomic mass is 10.4. The molecule has 0 saturated heterocycles. The van der Waals surface area contributed by atoms with Crippen LogP contribution in [-0.2, 0) is 14.2 Å². The minimum atomic E-state index is 0. The van der Waals surface area contributed by atoms with Crippen molar-refractivity contribution in [3.63, 3.8) is 0 Å². The molecule has 0 heterocycles. The molecule has 2 N–H and O–H groups in total. The third-order valence-electron chi connectivity index (χ3n) is 3.08. The largest absolute Gasteiger partial charge is 0.382 e. The first kappa shape index (κ1) is 21.9. The molecule has 1 aliphatic rings. The van der Waals surface area contributed by atoms with Crippen LogP contribution in [0.3, 0.4) is 0 Å². The van der Waals surface area contributed by atoms with E-state index in [1.807, 2.05) is 0 Å². The van der Waals surface area contributed by atoms with Crippen molar-refractivity contribution in [2.75, 3.05) is 59.8 Å². The Hall–Kier alpha value is -0.120. The van der Waals surface area contributed by atoms with Crippen LogP contribution in [0.25, 0.3) is 0 Å². The van der Waals surface area contributed by atoms with Crippen molar-refractivity contribution in [1.82, 2.24) is 10.6 Å². The number of aliphatic imine (C=N–C) groups is 1. The maximum atomic E-state index is 5.59. The van der Waals surface area contributed by atoms with Crippen LogP contribution >= 0.6 is 24.0 Å². The maximum absolute atomic E-state index is 5.59. The van der Waals surface area contributed by atoms with E-state index in [9.17, 15) is 0 Å². The number of nitrogens with zero attached hydrogens (tertiary/aromatic N) is 1. The molecule has 22 heavy (non-hydrogen) atoms. The lowest BCUT2D eigenvalue weighted by molar-refractivity contribution is 0.0733. The van der Waals surface area contributed by atoms with Crippen molar-refractivity contribution >= 4 is 29.9 Å². The topological polar surface area (TPSA) is 64.1 Å². The van der Waals surface area contributed by atoms with Gasteiger partial charge in [0.1, 0.15) is 0 Å². The van der Waals surface area contributed by atoms with Gasteiger partial charge in [0.05, 0.1) is 19.8 Å². The molecule has 0 unspecified atom stereocenters. The number of hydrogen-bond donors (Lipinski definition) is 2. The number of halogens is 1. The van der Waals surface area contributed by atoms with E-state index in [-0.39, 0.29) is 24.0 Å². The Morgan fingerprint density at radius 1 is 1.09 bits per heavy atom. The normalized spacial score (nSPS) is 14.5. The van der Waals surface area contributed by atoms with Gasteiger partial charge in [-0.3, -0.25) is 4.99 Å². The van der Waals surface area contributed by atoms with Gasteiger partial charge in [0, 0.05) is 40.0 Å². The van der Waals surface area contributed by atoms with Crippen molar-refractivity contribution in [3.8, 4) is 0 Å². The Kier molecular flexibility index (Phi) is 15.7. The average Bonchev–Trinajstić information content (AvgIpc) is 3.30. The fourth-order valence-electron chi connectivity index (χ4n) is 1.72. The SMILES string of the molecule is CCNC(=NCCCOCC1CC1)NCCOCCOC.I. The van der Waals surface area contributed by atoms with Crippen molar-refractivity contribution in [2.24, 2.45) is 10.9 Å². The zero-order valence-electron chi connectivity index (χ0n) is 13.9. The fourth-order valence-corrected chi connectivity index (χ4v) is 1.72. The highest BCUT2D eigenvalue weighted by Crippen LogP contribution is 2.28. The van der Waals surface area contributed by atoms with E-state index in [0.717, 1.165) is 51.1 Å². The standard InChI is InChI=1S/C15H31N3O3.HI/c1-3-16-15(18-8-10-20-12-11-19-2)17-7-4-9-21-13-14-5-6-14;/h14H,3-13H2,1-2H3,(H2,16,17,18);1H. The predicted molar refractivity (Wildman–Crippen MR) is 100 cm³/mol. The van der Waals surface area contributed by atoms with Crippen LogP contribution in [0, 0.1) is 5.92 Å².